The zero-order chi connectivity index (χ0) is 25.2. The molecule has 1 N–H and O–H groups in total. The summed E-state index contributed by atoms with van der Waals surface area (Å²) in [6.07, 6.45) is 2.81. The van der Waals surface area contributed by atoms with Gasteiger partial charge in [0.15, 0.2) is 6.04 Å². The molecule has 0 aliphatic carbocycles. The first-order chi connectivity index (χ1) is 17.5. The van der Waals surface area contributed by atoms with Gasteiger partial charge in [-0.15, -0.1) is 0 Å². The van der Waals surface area contributed by atoms with E-state index >= 15 is 0 Å². The number of halogens is 1. The maximum absolute atomic E-state index is 13.8. The Balaban J connectivity index is 1.65. The minimum atomic E-state index is -0.748. The third-order valence-electron chi connectivity index (χ3n) is 6.47. The molecule has 0 bridgehead atoms. The molecule has 0 spiro atoms. The highest BCUT2D eigenvalue weighted by Gasteiger charge is 2.34. The summed E-state index contributed by atoms with van der Waals surface area (Å²) in [6.45, 7) is 2.54. The van der Waals surface area contributed by atoms with E-state index in [1.54, 1.807) is 29.1 Å². The first-order valence-electron chi connectivity index (χ1n) is 11.8. The number of fused-ring (bicyclic) bond motifs is 1. The van der Waals surface area contributed by atoms with Crippen LogP contribution < -0.4 is 10.9 Å². The Bertz CT molecular complexity index is 1450. The predicted octanol–water partition coefficient (Wildman–Crippen LogP) is 4.59. The Kier molecular flexibility index (Phi) is 6.37. The minimum Gasteiger partial charge on any atom is -0.467 e. The molecule has 2 aromatic carbocycles. The van der Waals surface area contributed by atoms with Gasteiger partial charge in [-0.25, -0.2) is 23.8 Å². The minimum absolute atomic E-state index is 0.0487. The molecule has 2 aromatic heterocycles. The monoisotopic (exact) mass is 487 g/mol. The highest BCUT2D eigenvalue weighted by Crippen LogP contribution is 2.34. The van der Waals surface area contributed by atoms with Crippen molar-refractivity contribution in [2.24, 2.45) is 0 Å². The van der Waals surface area contributed by atoms with Crippen LogP contribution in [0.2, 0.25) is 0 Å². The quantitative estimate of drug-likeness (QED) is 0.400. The number of carbonyl (C=O) groups is 1. The van der Waals surface area contributed by atoms with Crippen molar-refractivity contribution < 1.29 is 13.9 Å². The normalized spacial score (nSPS) is 15.7. The highest BCUT2D eigenvalue weighted by molar-refractivity contribution is 5.81. The van der Waals surface area contributed by atoms with Crippen LogP contribution in [0, 0.1) is 5.82 Å². The fourth-order valence-corrected chi connectivity index (χ4v) is 4.72. The molecule has 0 amide bonds. The lowest BCUT2D eigenvalue weighted by Crippen LogP contribution is -2.37. The van der Waals surface area contributed by atoms with Crippen molar-refractivity contribution in [1.29, 1.82) is 0 Å². The molecule has 184 valence electrons. The van der Waals surface area contributed by atoms with Crippen molar-refractivity contribution in [2.75, 3.05) is 12.4 Å². The van der Waals surface area contributed by atoms with Crippen LogP contribution >= 0.6 is 0 Å². The predicted molar refractivity (Wildman–Crippen MR) is 134 cm³/mol. The molecule has 3 heterocycles. The number of benzene rings is 2. The Labute approximate surface area is 207 Å². The number of aromatic nitrogens is 4. The van der Waals surface area contributed by atoms with Crippen LogP contribution in [0.4, 0.5) is 10.3 Å². The summed E-state index contributed by atoms with van der Waals surface area (Å²) in [6, 6.07) is 16.6. The number of ether oxygens (including phenoxy) is 1. The molecular weight excluding hydrogens is 461 g/mol. The molecule has 5 rings (SSSR count). The first-order valence-corrected chi connectivity index (χ1v) is 11.8. The van der Waals surface area contributed by atoms with E-state index in [2.05, 4.69) is 10.3 Å². The molecule has 0 saturated carbocycles. The van der Waals surface area contributed by atoms with E-state index in [0.717, 1.165) is 5.56 Å². The topological polar surface area (TPSA) is 91.0 Å². The highest BCUT2D eigenvalue weighted by atomic mass is 19.1. The number of nitrogens with zero attached hydrogens (tertiary/aromatic N) is 4. The lowest BCUT2D eigenvalue weighted by Gasteiger charge is -2.26. The summed E-state index contributed by atoms with van der Waals surface area (Å²) >= 11 is 0. The van der Waals surface area contributed by atoms with E-state index in [-0.39, 0.29) is 11.6 Å². The lowest BCUT2D eigenvalue weighted by molar-refractivity contribution is -0.146. The van der Waals surface area contributed by atoms with Gasteiger partial charge in [0.1, 0.15) is 5.82 Å². The van der Waals surface area contributed by atoms with Crippen LogP contribution in [0.3, 0.4) is 0 Å². The van der Waals surface area contributed by atoms with Crippen molar-refractivity contribution >= 4 is 11.9 Å². The van der Waals surface area contributed by atoms with Crippen molar-refractivity contribution in [2.45, 2.75) is 38.4 Å². The third kappa shape index (κ3) is 4.28. The van der Waals surface area contributed by atoms with Crippen molar-refractivity contribution in [3.8, 4) is 22.5 Å². The number of carbonyl (C=O) groups excluding carboxylic acids is 1. The van der Waals surface area contributed by atoms with E-state index in [1.807, 2.05) is 37.3 Å². The van der Waals surface area contributed by atoms with Crippen LogP contribution in [-0.2, 0) is 16.1 Å². The van der Waals surface area contributed by atoms with Crippen LogP contribution in [0.15, 0.2) is 71.7 Å². The van der Waals surface area contributed by atoms with Gasteiger partial charge >= 0.3 is 5.97 Å². The summed E-state index contributed by atoms with van der Waals surface area (Å²) in [5.41, 5.74) is 2.70. The van der Waals surface area contributed by atoms with Crippen molar-refractivity contribution in [3.63, 3.8) is 0 Å². The SMILES string of the molecule is COC(=O)C1CCCn2c(-c3ccnc(N[C@@H](C)c4ccccc4)n3)c(-c3ccc(F)cc3)c(=O)n21. The van der Waals surface area contributed by atoms with Gasteiger partial charge in [0, 0.05) is 12.7 Å². The third-order valence-corrected chi connectivity index (χ3v) is 6.47. The summed E-state index contributed by atoms with van der Waals surface area (Å²) in [7, 11) is 1.31. The number of methoxy groups -OCH3 is 1. The van der Waals surface area contributed by atoms with Gasteiger partial charge in [0.05, 0.1) is 30.1 Å². The molecule has 1 unspecified atom stereocenters. The smallest absolute Gasteiger partial charge is 0.330 e. The second-order valence-electron chi connectivity index (χ2n) is 8.73. The fourth-order valence-electron chi connectivity index (χ4n) is 4.72. The zero-order valence-electron chi connectivity index (χ0n) is 20.0. The van der Waals surface area contributed by atoms with Gasteiger partial charge in [0.2, 0.25) is 5.95 Å². The van der Waals surface area contributed by atoms with Gasteiger partial charge in [-0.3, -0.25) is 9.48 Å². The molecule has 0 saturated heterocycles. The van der Waals surface area contributed by atoms with Crippen LogP contribution in [0.1, 0.15) is 37.4 Å². The number of nitrogens with one attached hydrogen (secondary N) is 1. The second kappa shape index (κ2) is 9.77. The molecule has 1 aliphatic heterocycles. The maximum atomic E-state index is 13.8. The molecule has 36 heavy (non-hydrogen) atoms. The Morgan fingerprint density at radius 2 is 1.89 bits per heavy atom. The molecule has 9 heteroatoms. The molecule has 4 aromatic rings. The number of esters is 1. The van der Waals surface area contributed by atoms with E-state index in [9.17, 15) is 14.0 Å². The van der Waals surface area contributed by atoms with Gasteiger partial charge in [0.25, 0.3) is 5.56 Å². The number of rotatable bonds is 6. The van der Waals surface area contributed by atoms with Crippen LogP contribution in [-0.4, -0.2) is 32.4 Å². The Hall–Kier alpha value is -4.27. The zero-order valence-corrected chi connectivity index (χ0v) is 20.0. The van der Waals surface area contributed by atoms with Crippen molar-refractivity contribution in [1.82, 2.24) is 19.3 Å². The number of anilines is 1. The average Bonchev–Trinajstić information content (AvgIpc) is 3.21. The number of hydrogen-bond acceptors (Lipinski definition) is 6. The van der Waals surface area contributed by atoms with Gasteiger partial charge < -0.3 is 10.1 Å². The fraction of sp³-hybridized carbons (Fsp3) is 0.259. The Morgan fingerprint density at radius 1 is 1.14 bits per heavy atom. The largest absolute Gasteiger partial charge is 0.467 e. The second-order valence-corrected chi connectivity index (χ2v) is 8.73. The lowest BCUT2D eigenvalue weighted by atomic mass is 10.0. The van der Waals surface area contributed by atoms with E-state index < -0.39 is 17.8 Å². The number of hydrogen-bond donors (Lipinski definition) is 1. The standard InChI is InChI=1S/C27H26FN5O3/c1-17(18-7-4-3-5-8-18)30-27-29-15-14-21(31-27)24-23(19-10-12-20(28)13-11-19)25(34)33-22(26(35)36-2)9-6-16-32(24)33/h3-5,7-8,10-15,17,22H,6,9,16H2,1-2H3,(H,29,30,31)/t17-,22?/m0/s1. The Morgan fingerprint density at radius 3 is 2.61 bits per heavy atom. The van der Waals surface area contributed by atoms with Crippen LogP contribution in [0.5, 0.6) is 0 Å². The summed E-state index contributed by atoms with van der Waals surface area (Å²) < 4.78 is 21.9. The average molecular weight is 488 g/mol. The summed E-state index contributed by atoms with van der Waals surface area (Å²) in [5, 5.41) is 3.32. The maximum Gasteiger partial charge on any atom is 0.330 e. The molecule has 2 atom stereocenters. The molecular formula is C27H26FN5O3. The summed E-state index contributed by atoms with van der Waals surface area (Å²) in [5.74, 6) is -0.475. The molecule has 0 radical (unpaired) electrons. The first kappa shape index (κ1) is 23.5. The van der Waals surface area contributed by atoms with Crippen molar-refractivity contribution in [3.05, 3.63) is 88.6 Å². The van der Waals surface area contributed by atoms with E-state index in [1.165, 1.54) is 23.9 Å². The van der Waals surface area contributed by atoms with E-state index in [4.69, 9.17) is 9.72 Å². The van der Waals surface area contributed by atoms with Crippen LogP contribution in [0.25, 0.3) is 22.5 Å². The van der Waals surface area contributed by atoms with Gasteiger partial charge in [-0.05, 0) is 49.1 Å². The molecule has 1 aliphatic rings. The van der Waals surface area contributed by atoms with Gasteiger partial charge in [-0.2, -0.15) is 0 Å². The molecule has 8 nitrogen and oxygen atoms in total. The summed E-state index contributed by atoms with van der Waals surface area (Å²) in [4.78, 5) is 35.4. The van der Waals surface area contributed by atoms with E-state index in [0.29, 0.717) is 47.8 Å². The molecule has 0 fully saturated rings. The van der Waals surface area contributed by atoms with Gasteiger partial charge in [-0.1, -0.05) is 42.5 Å².